The number of rotatable bonds is 2. The Morgan fingerprint density at radius 1 is 1.46 bits per heavy atom. The lowest BCUT2D eigenvalue weighted by atomic mass is 10.2. The fourth-order valence-electron chi connectivity index (χ4n) is 0.882. The number of terminal acetylenes is 1. The number of hydrogen-bond acceptors (Lipinski definition) is 2. The van der Waals surface area contributed by atoms with Crippen LogP contribution in [-0.2, 0) is 10.5 Å². The molecule has 0 heterocycles. The lowest BCUT2D eigenvalue weighted by molar-refractivity contribution is -0.109. The summed E-state index contributed by atoms with van der Waals surface area (Å²) >= 11 is 1.31. The summed E-state index contributed by atoms with van der Waals surface area (Å²) in [6.45, 7) is 1.57. The second-order valence-electron chi connectivity index (χ2n) is 2.62. The van der Waals surface area contributed by atoms with Crippen LogP contribution in [0.3, 0.4) is 0 Å². The van der Waals surface area contributed by atoms with Crippen molar-refractivity contribution in [3.63, 3.8) is 0 Å². The van der Waals surface area contributed by atoms with E-state index >= 15 is 0 Å². The smallest absolute Gasteiger partial charge is 0.186 e. The minimum absolute atomic E-state index is 0.140. The predicted octanol–water partition coefficient (Wildman–Crippen LogP) is 2.45. The van der Waals surface area contributed by atoms with Gasteiger partial charge in [0.1, 0.15) is 0 Å². The molecule has 66 valence electrons. The van der Waals surface area contributed by atoms with Crippen LogP contribution in [0.4, 0.5) is 0 Å². The number of carbonyl (C=O) groups is 1. The summed E-state index contributed by atoms with van der Waals surface area (Å²) in [5.74, 6) is 3.27. The molecule has 0 saturated carbocycles. The first-order valence-electron chi connectivity index (χ1n) is 3.91. The van der Waals surface area contributed by atoms with Gasteiger partial charge in [-0.3, -0.25) is 4.79 Å². The topological polar surface area (TPSA) is 17.1 Å². The van der Waals surface area contributed by atoms with Crippen LogP contribution in [0, 0.1) is 12.3 Å². The largest absolute Gasteiger partial charge is 0.288 e. The molecule has 0 radical (unpaired) electrons. The van der Waals surface area contributed by atoms with Gasteiger partial charge >= 0.3 is 0 Å². The highest BCUT2D eigenvalue weighted by Crippen LogP contribution is 2.13. The minimum atomic E-state index is 0.140. The minimum Gasteiger partial charge on any atom is -0.288 e. The molecule has 0 atom stereocenters. The van der Waals surface area contributed by atoms with Gasteiger partial charge in [0.15, 0.2) is 5.12 Å². The molecule has 1 rings (SSSR count). The van der Waals surface area contributed by atoms with Crippen LogP contribution in [0.15, 0.2) is 24.3 Å². The Hall–Kier alpha value is -1.20. The van der Waals surface area contributed by atoms with Crippen molar-refractivity contribution in [1.82, 2.24) is 0 Å². The van der Waals surface area contributed by atoms with E-state index < -0.39 is 0 Å². The first-order valence-corrected chi connectivity index (χ1v) is 4.90. The molecular weight excluding hydrogens is 180 g/mol. The Morgan fingerprint density at radius 3 is 2.54 bits per heavy atom. The second kappa shape index (κ2) is 4.74. The molecule has 1 nitrogen and oxygen atoms in total. The van der Waals surface area contributed by atoms with Gasteiger partial charge in [0.05, 0.1) is 0 Å². The maximum Gasteiger partial charge on any atom is 0.186 e. The molecule has 0 aromatic heterocycles. The molecule has 0 aliphatic heterocycles. The van der Waals surface area contributed by atoms with Gasteiger partial charge in [0.2, 0.25) is 0 Å². The zero-order valence-electron chi connectivity index (χ0n) is 7.41. The third-order valence-electron chi connectivity index (χ3n) is 1.56. The lowest BCUT2D eigenvalue weighted by Crippen LogP contribution is -1.85. The van der Waals surface area contributed by atoms with Crippen molar-refractivity contribution in [1.29, 1.82) is 0 Å². The van der Waals surface area contributed by atoms with Crippen molar-refractivity contribution in [2.45, 2.75) is 12.7 Å². The zero-order valence-corrected chi connectivity index (χ0v) is 8.23. The number of carbonyl (C=O) groups excluding carboxylic acids is 1. The normalized spacial score (nSPS) is 9.23. The summed E-state index contributed by atoms with van der Waals surface area (Å²) in [6.07, 6.45) is 5.21. The summed E-state index contributed by atoms with van der Waals surface area (Å²) in [7, 11) is 0. The highest BCUT2D eigenvalue weighted by molar-refractivity contribution is 8.12. The first-order chi connectivity index (χ1) is 6.22. The molecule has 13 heavy (non-hydrogen) atoms. The Kier molecular flexibility index (Phi) is 3.60. The van der Waals surface area contributed by atoms with Crippen LogP contribution in [0.1, 0.15) is 18.1 Å². The van der Waals surface area contributed by atoms with Crippen LogP contribution in [0.25, 0.3) is 0 Å². The monoisotopic (exact) mass is 190 g/mol. The van der Waals surface area contributed by atoms with E-state index in [1.807, 2.05) is 24.3 Å². The molecule has 0 N–H and O–H groups in total. The molecule has 0 bridgehead atoms. The van der Waals surface area contributed by atoms with Crippen LogP contribution in [0.5, 0.6) is 0 Å². The van der Waals surface area contributed by atoms with Crippen molar-refractivity contribution in [3.8, 4) is 12.3 Å². The zero-order chi connectivity index (χ0) is 9.68. The van der Waals surface area contributed by atoms with Gasteiger partial charge in [-0.05, 0) is 17.7 Å². The fraction of sp³-hybridized carbons (Fsp3) is 0.182. The quantitative estimate of drug-likeness (QED) is 0.666. The molecule has 0 unspecified atom stereocenters. The van der Waals surface area contributed by atoms with Crippen molar-refractivity contribution in [3.05, 3.63) is 35.4 Å². The Labute approximate surface area is 82.5 Å². The Balaban J connectivity index is 2.60. The van der Waals surface area contributed by atoms with Gasteiger partial charge < -0.3 is 0 Å². The summed E-state index contributed by atoms with van der Waals surface area (Å²) in [4.78, 5) is 10.7. The highest BCUT2D eigenvalue weighted by Gasteiger charge is 1.96. The average molecular weight is 190 g/mol. The van der Waals surface area contributed by atoms with Gasteiger partial charge in [-0.25, -0.2) is 0 Å². The molecule has 1 aromatic carbocycles. The molecule has 0 fully saturated rings. The molecule has 2 heteroatoms. The average Bonchev–Trinajstić information content (AvgIpc) is 2.15. The summed E-state index contributed by atoms with van der Waals surface area (Å²) in [5, 5.41) is 0.140. The highest BCUT2D eigenvalue weighted by atomic mass is 32.2. The van der Waals surface area contributed by atoms with E-state index in [0.29, 0.717) is 0 Å². The summed E-state index contributed by atoms with van der Waals surface area (Å²) in [5.41, 5.74) is 2.00. The van der Waals surface area contributed by atoms with Crippen LogP contribution < -0.4 is 0 Å². The van der Waals surface area contributed by atoms with E-state index in [1.165, 1.54) is 11.8 Å². The van der Waals surface area contributed by atoms with E-state index in [2.05, 4.69) is 5.92 Å². The summed E-state index contributed by atoms with van der Waals surface area (Å²) < 4.78 is 0. The molecule has 0 saturated heterocycles. The van der Waals surface area contributed by atoms with E-state index in [1.54, 1.807) is 6.92 Å². The van der Waals surface area contributed by atoms with E-state index in [9.17, 15) is 4.79 Å². The fourth-order valence-corrected chi connectivity index (χ4v) is 1.44. The van der Waals surface area contributed by atoms with Crippen molar-refractivity contribution in [2.24, 2.45) is 0 Å². The maximum atomic E-state index is 10.7. The molecule has 0 aliphatic carbocycles. The van der Waals surface area contributed by atoms with E-state index in [4.69, 9.17) is 6.42 Å². The first kappa shape index (κ1) is 9.88. The molecular formula is C11H10OS. The van der Waals surface area contributed by atoms with Gasteiger partial charge in [-0.2, -0.15) is 0 Å². The molecule has 1 aromatic rings. The van der Waals surface area contributed by atoms with E-state index in [-0.39, 0.29) is 5.12 Å². The maximum absolute atomic E-state index is 10.7. The molecule has 0 spiro atoms. The Bertz CT molecular complexity index is 332. The van der Waals surface area contributed by atoms with Gasteiger partial charge in [0.25, 0.3) is 0 Å². The van der Waals surface area contributed by atoms with Gasteiger partial charge in [-0.1, -0.05) is 29.8 Å². The van der Waals surface area contributed by atoms with Gasteiger partial charge in [0, 0.05) is 18.2 Å². The standard InChI is InChI=1S/C11H10OS/c1-3-10-4-6-11(7-5-10)8-13-9(2)12/h1,4-7H,8H2,2H3. The van der Waals surface area contributed by atoms with Crippen molar-refractivity contribution in [2.75, 3.05) is 0 Å². The Morgan fingerprint density at radius 2 is 2.08 bits per heavy atom. The SMILES string of the molecule is C#Cc1ccc(CSC(C)=O)cc1. The molecule has 0 aliphatic rings. The van der Waals surface area contributed by atoms with Crippen LogP contribution in [-0.4, -0.2) is 5.12 Å². The molecule has 0 amide bonds. The third kappa shape index (κ3) is 3.35. The van der Waals surface area contributed by atoms with Gasteiger partial charge in [-0.15, -0.1) is 6.42 Å². The number of thioether (sulfide) groups is 1. The lowest BCUT2D eigenvalue weighted by Gasteiger charge is -1.98. The predicted molar refractivity (Wildman–Crippen MR) is 56.4 cm³/mol. The third-order valence-corrected chi connectivity index (χ3v) is 2.45. The second-order valence-corrected chi connectivity index (χ2v) is 3.77. The van der Waals surface area contributed by atoms with Crippen molar-refractivity contribution < 1.29 is 4.79 Å². The van der Waals surface area contributed by atoms with Crippen molar-refractivity contribution >= 4 is 16.9 Å². The van der Waals surface area contributed by atoms with Crippen LogP contribution in [0.2, 0.25) is 0 Å². The number of hydrogen-bond donors (Lipinski definition) is 0. The summed E-state index contributed by atoms with van der Waals surface area (Å²) in [6, 6.07) is 7.67. The van der Waals surface area contributed by atoms with Crippen LogP contribution >= 0.6 is 11.8 Å². The van der Waals surface area contributed by atoms with E-state index in [0.717, 1.165) is 16.9 Å². The number of benzene rings is 1.